The smallest absolute Gasteiger partial charge is 0.0747 e. The molecule has 100 valence electrons. The molecule has 4 unspecified atom stereocenters. The molecule has 0 saturated carbocycles. The molecule has 0 aromatic rings. The number of rotatable bonds is 4. The molecule has 17 heavy (non-hydrogen) atoms. The predicted octanol–water partition coefficient (Wildman–Crippen LogP) is 0.992. The van der Waals surface area contributed by atoms with Gasteiger partial charge < -0.3 is 15.2 Å². The highest BCUT2D eigenvalue weighted by Gasteiger charge is 2.34. The van der Waals surface area contributed by atoms with Crippen molar-refractivity contribution >= 4 is 0 Å². The molecule has 2 fully saturated rings. The lowest BCUT2D eigenvalue weighted by atomic mass is 10.0. The van der Waals surface area contributed by atoms with Crippen LogP contribution < -0.4 is 5.73 Å². The molecule has 2 saturated heterocycles. The molecule has 2 rings (SSSR count). The van der Waals surface area contributed by atoms with Crippen molar-refractivity contribution in [3.63, 3.8) is 0 Å². The minimum atomic E-state index is 0.325. The Bertz CT molecular complexity index is 237. The third-order valence-corrected chi connectivity index (χ3v) is 4.03. The van der Waals surface area contributed by atoms with Gasteiger partial charge in [0.05, 0.1) is 24.9 Å². The summed E-state index contributed by atoms with van der Waals surface area (Å²) in [6, 6.07) is 0.373. The fourth-order valence-electron chi connectivity index (χ4n) is 2.94. The average molecular weight is 242 g/mol. The SMILES string of the molecule is CCC1CN(C(CN)C2CCC(C)O2)CCO1. The molecule has 2 aliphatic heterocycles. The van der Waals surface area contributed by atoms with Crippen LogP contribution in [0.25, 0.3) is 0 Å². The Hall–Kier alpha value is -0.160. The maximum atomic E-state index is 5.97. The van der Waals surface area contributed by atoms with Crippen molar-refractivity contribution in [2.24, 2.45) is 5.73 Å². The summed E-state index contributed by atoms with van der Waals surface area (Å²) in [6.45, 7) is 7.85. The second-order valence-corrected chi connectivity index (χ2v) is 5.26. The van der Waals surface area contributed by atoms with Crippen LogP contribution in [0.2, 0.25) is 0 Å². The van der Waals surface area contributed by atoms with E-state index in [1.807, 2.05) is 0 Å². The van der Waals surface area contributed by atoms with Crippen LogP contribution in [0.3, 0.4) is 0 Å². The predicted molar refractivity (Wildman–Crippen MR) is 68.0 cm³/mol. The Morgan fingerprint density at radius 2 is 2.24 bits per heavy atom. The highest BCUT2D eigenvalue weighted by molar-refractivity contribution is 4.88. The number of nitrogens with zero attached hydrogens (tertiary/aromatic N) is 1. The van der Waals surface area contributed by atoms with Crippen molar-refractivity contribution < 1.29 is 9.47 Å². The van der Waals surface area contributed by atoms with Gasteiger partial charge in [-0.1, -0.05) is 6.92 Å². The van der Waals surface area contributed by atoms with E-state index in [0.29, 0.717) is 30.9 Å². The van der Waals surface area contributed by atoms with Gasteiger partial charge in [0.15, 0.2) is 0 Å². The molecular formula is C13H26N2O2. The van der Waals surface area contributed by atoms with Gasteiger partial charge in [0.2, 0.25) is 0 Å². The quantitative estimate of drug-likeness (QED) is 0.799. The molecule has 2 heterocycles. The Balaban J connectivity index is 1.92. The lowest BCUT2D eigenvalue weighted by molar-refractivity contribution is -0.0737. The fourth-order valence-corrected chi connectivity index (χ4v) is 2.94. The Morgan fingerprint density at radius 1 is 1.41 bits per heavy atom. The van der Waals surface area contributed by atoms with Gasteiger partial charge in [-0.3, -0.25) is 4.90 Å². The van der Waals surface area contributed by atoms with Crippen molar-refractivity contribution in [1.29, 1.82) is 0 Å². The lowest BCUT2D eigenvalue weighted by Crippen LogP contribution is -2.54. The summed E-state index contributed by atoms with van der Waals surface area (Å²) in [7, 11) is 0. The van der Waals surface area contributed by atoms with Crippen LogP contribution in [0.4, 0.5) is 0 Å². The van der Waals surface area contributed by atoms with Crippen LogP contribution >= 0.6 is 0 Å². The van der Waals surface area contributed by atoms with Gasteiger partial charge in [0, 0.05) is 25.7 Å². The number of morpholine rings is 1. The molecule has 0 amide bonds. The first-order valence-electron chi connectivity index (χ1n) is 6.95. The lowest BCUT2D eigenvalue weighted by Gasteiger charge is -2.39. The minimum absolute atomic E-state index is 0.325. The number of ether oxygens (including phenoxy) is 2. The fraction of sp³-hybridized carbons (Fsp3) is 1.00. The molecule has 0 aromatic heterocycles. The number of hydrogen-bond acceptors (Lipinski definition) is 4. The van der Waals surface area contributed by atoms with E-state index in [4.69, 9.17) is 15.2 Å². The molecule has 4 nitrogen and oxygen atoms in total. The summed E-state index contributed by atoms with van der Waals surface area (Å²) < 4.78 is 11.7. The van der Waals surface area contributed by atoms with E-state index in [1.54, 1.807) is 0 Å². The van der Waals surface area contributed by atoms with Crippen LogP contribution in [-0.4, -0.2) is 55.5 Å². The van der Waals surface area contributed by atoms with Crippen molar-refractivity contribution in [3.05, 3.63) is 0 Å². The highest BCUT2D eigenvalue weighted by atomic mass is 16.5. The summed E-state index contributed by atoms with van der Waals surface area (Å²) in [5.74, 6) is 0. The van der Waals surface area contributed by atoms with E-state index >= 15 is 0 Å². The molecule has 0 spiro atoms. The molecule has 4 heteroatoms. The molecule has 2 N–H and O–H groups in total. The van der Waals surface area contributed by atoms with Gasteiger partial charge in [-0.25, -0.2) is 0 Å². The van der Waals surface area contributed by atoms with Crippen LogP contribution in [-0.2, 0) is 9.47 Å². The topological polar surface area (TPSA) is 47.7 Å². The van der Waals surface area contributed by atoms with E-state index in [-0.39, 0.29) is 0 Å². The van der Waals surface area contributed by atoms with Crippen LogP contribution in [0, 0.1) is 0 Å². The van der Waals surface area contributed by atoms with Crippen molar-refractivity contribution in [3.8, 4) is 0 Å². The van der Waals surface area contributed by atoms with E-state index in [1.165, 1.54) is 6.42 Å². The Morgan fingerprint density at radius 3 is 2.82 bits per heavy atom. The summed E-state index contributed by atoms with van der Waals surface area (Å²) in [5, 5.41) is 0. The molecule has 0 aliphatic carbocycles. The summed E-state index contributed by atoms with van der Waals surface area (Å²) in [4.78, 5) is 2.47. The summed E-state index contributed by atoms with van der Waals surface area (Å²) in [5.41, 5.74) is 5.95. The monoisotopic (exact) mass is 242 g/mol. The standard InChI is InChI=1S/C13H26N2O2/c1-3-11-9-15(6-7-16-11)12(8-14)13-5-4-10(2)17-13/h10-13H,3-9,14H2,1-2H3. The zero-order valence-corrected chi connectivity index (χ0v) is 11.1. The first-order valence-corrected chi connectivity index (χ1v) is 6.95. The zero-order valence-electron chi connectivity index (χ0n) is 11.1. The second-order valence-electron chi connectivity index (χ2n) is 5.26. The third-order valence-electron chi connectivity index (χ3n) is 4.03. The van der Waals surface area contributed by atoms with E-state index < -0.39 is 0 Å². The molecule has 0 radical (unpaired) electrons. The molecule has 0 bridgehead atoms. The van der Waals surface area contributed by atoms with Gasteiger partial charge in [-0.15, -0.1) is 0 Å². The minimum Gasteiger partial charge on any atom is -0.376 e. The van der Waals surface area contributed by atoms with Crippen molar-refractivity contribution in [1.82, 2.24) is 4.90 Å². The van der Waals surface area contributed by atoms with Crippen LogP contribution in [0.15, 0.2) is 0 Å². The Kier molecular flexibility index (Phi) is 4.79. The van der Waals surface area contributed by atoms with Gasteiger partial charge in [-0.05, 0) is 26.2 Å². The van der Waals surface area contributed by atoms with Crippen LogP contribution in [0.5, 0.6) is 0 Å². The van der Waals surface area contributed by atoms with E-state index in [0.717, 1.165) is 32.5 Å². The van der Waals surface area contributed by atoms with Crippen LogP contribution in [0.1, 0.15) is 33.1 Å². The third kappa shape index (κ3) is 3.19. The molecule has 4 atom stereocenters. The normalized spacial score (nSPS) is 37.2. The largest absolute Gasteiger partial charge is 0.376 e. The molecule has 0 aromatic carbocycles. The van der Waals surface area contributed by atoms with Crippen molar-refractivity contribution in [2.45, 2.75) is 57.5 Å². The first-order chi connectivity index (χ1) is 8.24. The van der Waals surface area contributed by atoms with Gasteiger partial charge in [-0.2, -0.15) is 0 Å². The zero-order chi connectivity index (χ0) is 12.3. The first kappa shape index (κ1) is 13.3. The maximum absolute atomic E-state index is 5.97. The highest BCUT2D eigenvalue weighted by Crippen LogP contribution is 2.25. The molecular weight excluding hydrogens is 216 g/mol. The van der Waals surface area contributed by atoms with E-state index in [9.17, 15) is 0 Å². The summed E-state index contributed by atoms with van der Waals surface area (Å²) >= 11 is 0. The van der Waals surface area contributed by atoms with Gasteiger partial charge in [0.25, 0.3) is 0 Å². The average Bonchev–Trinajstić information content (AvgIpc) is 2.77. The number of hydrogen-bond donors (Lipinski definition) is 1. The van der Waals surface area contributed by atoms with Gasteiger partial charge in [0.1, 0.15) is 0 Å². The van der Waals surface area contributed by atoms with Crippen molar-refractivity contribution in [2.75, 3.05) is 26.2 Å². The second kappa shape index (κ2) is 6.14. The number of nitrogens with two attached hydrogens (primary N) is 1. The maximum Gasteiger partial charge on any atom is 0.0747 e. The van der Waals surface area contributed by atoms with E-state index in [2.05, 4.69) is 18.7 Å². The summed E-state index contributed by atoms with van der Waals surface area (Å²) in [6.07, 6.45) is 4.49. The molecule has 2 aliphatic rings. The Labute approximate surface area is 104 Å². The van der Waals surface area contributed by atoms with Gasteiger partial charge >= 0.3 is 0 Å².